The maximum atomic E-state index is 4.07. The Kier molecular flexibility index (Phi) is 7.61. The summed E-state index contributed by atoms with van der Waals surface area (Å²) in [5.74, 6) is 0. The number of nitrogens with zero attached hydrogens (tertiary/aromatic N) is 2. The van der Waals surface area contributed by atoms with Crippen molar-refractivity contribution >= 4 is 0 Å². The molecule has 4 heteroatoms. The lowest BCUT2D eigenvalue weighted by atomic mass is 9.94. The lowest BCUT2D eigenvalue weighted by Gasteiger charge is -2.12. The standard InChI is InChI=1S/C14H18N2.C12H14N2/c1-3-11-6-5-7-12(4-2)14(11)8-13-9-15-10-16-13;1-9-4-3-5-11(10(9)2)6-12-7-13-8-14-12/h5-7,9-10H,3-4,8H2,1-2H3,(H,15,16);3-5,7-8H,6H2,1-2H3,(H,13,14). The van der Waals surface area contributed by atoms with Crippen molar-refractivity contribution in [3.63, 3.8) is 0 Å². The van der Waals surface area contributed by atoms with Crippen molar-refractivity contribution in [2.45, 2.75) is 53.4 Å². The molecule has 0 unspecified atom stereocenters. The van der Waals surface area contributed by atoms with Gasteiger partial charge >= 0.3 is 0 Å². The van der Waals surface area contributed by atoms with Gasteiger partial charge in [-0.2, -0.15) is 0 Å². The third-order valence-electron chi connectivity index (χ3n) is 5.71. The molecule has 156 valence electrons. The second kappa shape index (κ2) is 10.6. The first-order valence-electron chi connectivity index (χ1n) is 10.7. The molecule has 0 radical (unpaired) electrons. The molecule has 30 heavy (non-hydrogen) atoms. The normalized spacial score (nSPS) is 10.5. The molecule has 2 aromatic heterocycles. The highest BCUT2D eigenvalue weighted by atomic mass is 14.9. The molecule has 2 aromatic carbocycles. The molecular formula is C26H32N4. The Morgan fingerprint density at radius 2 is 1.23 bits per heavy atom. The van der Waals surface area contributed by atoms with Crippen molar-refractivity contribution in [1.29, 1.82) is 0 Å². The Morgan fingerprint density at radius 3 is 1.77 bits per heavy atom. The summed E-state index contributed by atoms with van der Waals surface area (Å²) in [5.41, 5.74) is 10.8. The molecule has 0 saturated heterocycles. The second-order valence-corrected chi connectivity index (χ2v) is 7.63. The highest BCUT2D eigenvalue weighted by Crippen LogP contribution is 2.19. The highest BCUT2D eigenvalue weighted by Gasteiger charge is 2.07. The number of H-pyrrole nitrogens is 2. The minimum Gasteiger partial charge on any atom is -0.348 e. The first-order chi connectivity index (χ1) is 14.6. The third kappa shape index (κ3) is 5.47. The van der Waals surface area contributed by atoms with Crippen LogP contribution < -0.4 is 0 Å². The molecule has 0 saturated carbocycles. The summed E-state index contributed by atoms with van der Waals surface area (Å²) in [6.45, 7) is 8.74. The number of hydrogen-bond acceptors (Lipinski definition) is 2. The maximum absolute atomic E-state index is 4.07. The van der Waals surface area contributed by atoms with Crippen molar-refractivity contribution in [1.82, 2.24) is 19.9 Å². The van der Waals surface area contributed by atoms with Crippen LogP contribution in [0.5, 0.6) is 0 Å². The summed E-state index contributed by atoms with van der Waals surface area (Å²) in [5, 5.41) is 0. The molecule has 4 rings (SSSR count). The number of aromatic amines is 2. The topological polar surface area (TPSA) is 57.4 Å². The smallest absolute Gasteiger partial charge is 0.0921 e. The van der Waals surface area contributed by atoms with Gasteiger partial charge in [-0.25, -0.2) is 9.97 Å². The molecule has 0 spiro atoms. The lowest BCUT2D eigenvalue weighted by Crippen LogP contribution is -2.00. The van der Waals surface area contributed by atoms with Gasteiger partial charge in [0.2, 0.25) is 0 Å². The first kappa shape index (κ1) is 21.6. The van der Waals surface area contributed by atoms with Crippen LogP contribution >= 0.6 is 0 Å². The zero-order chi connectivity index (χ0) is 21.3. The van der Waals surface area contributed by atoms with Gasteiger partial charge < -0.3 is 9.97 Å². The average Bonchev–Trinajstić information content (AvgIpc) is 3.46. The fraction of sp³-hybridized carbons (Fsp3) is 0.308. The molecule has 4 aromatic rings. The van der Waals surface area contributed by atoms with Crippen molar-refractivity contribution in [3.05, 3.63) is 106 Å². The first-order valence-corrected chi connectivity index (χ1v) is 10.7. The zero-order valence-corrected chi connectivity index (χ0v) is 18.5. The molecule has 0 aliphatic heterocycles. The summed E-state index contributed by atoms with van der Waals surface area (Å²) < 4.78 is 0. The van der Waals surface area contributed by atoms with Crippen LogP contribution in [0.15, 0.2) is 61.4 Å². The Hall–Kier alpha value is -3.14. The molecule has 0 aliphatic rings. The van der Waals surface area contributed by atoms with Crippen LogP contribution in [0.3, 0.4) is 0 Å². The Morgan fingerprint density at radius 1 is 0.700 bits per heavy atom. The van der Waals surface area contributed by atoms with Crippen molar-refractivity contribution in [2.75, 3.05) is 0 Å². The van der Waals surface area contributed by atoms with Gasteiger partial charge in [-0.3, -0.25) is 0 Å². The number of nitrogens with one attached hydrogen (secondary N) is 2. The molecule has 0 fully saturated rings. The molecule has 0 aliphatic carbocycles. The van der Waals surface area contributed by atoms with E-state index in [1.54, 1.807) is 12.7 Å². The second-order valence-electron chi connectivity index (χ2n) is 7.63. The Balaban J connectivity index is 0.000000172. The van der Waals surface area contributed by atoms with Gasteiger partial charge in [-0.05, 0) is 60.1 Å². The van der Waals surface area contributed by atoms with E-state index in [4.69, 9.17) is 0 Å². The van der Waals surface area contributed by atoms with E-state index in [2.05, 4.69) is 84.0 Å². The van der Waals surface area contributed by atoms with E-state index >= 15 is 0 Å². The van der Waals surface area contributed by atoms with Crippen LogP contribution in [0.25, 0.3) is 0 Å². The summed E-state index contributed by atoms with van der Waals surface area (Å²) in [6, 6.07) is 13.0. The molecule has 2 heterocycles. The van der Waals surface area contributed by atoms with Crippen LogP contribution in [0, 0.1) is 13.8 Å². The monoisotopic (exact) mass is 400 g/mol. The molecule has 0 atom stereocenters. The van der Waals surface area contributed by atoms with E-state index in [-0.39, 0.29) is 0 Å². The predicted octanol–water partition coefficient (Wildman–Crippen LogP) is 5.74. The van der Waals surface area contributed by atoms with Gasteiger partial charge in [0, 0.05) is 36.6 Å². The van der Waals surface area contributed by atoms with Crippen molar-refractivity contribution in [3.8, 4) is 0 Å². The van der Waals surface area contributed by atoms with Gasteiger partial charge in [0.25, 0.3) is 0 Å². The zero-order valence-electron chi connectivity index (χ0n) is 18.5. The van der Waals surface area contributed by atoms with E-state index in [0.717, 1.165) is 25.7 Å². The van der Waals surface area contributed by atoms with Gasteiger partial charge in [0.15, 0.2) is 0 Å². The van der Waals surface area contributed by atoms with Crippen LogP contribution in [-0.2, 0) is 25.7 Å². The maximum Gasteiger partial charge on any atom is 0.0921 e. The van der Waals surface area contributed by atoms with Crippen molar-refractivity contribution in [2.24, 2.45) is 0 Å². The number of aromatic nitrogens is 4. The number of rotatable bonds is 6. The third-order valence-corrected chi connectivity index (χ3v) is 5.71. The number of imidazole rings is 2. The number of aryl methyl sites for hydroxylation is 3. The SMILES string of the molecule is CCc1cccc(CC)c1Cc1cnc[nH]1.Cc1cccc(Cc2cnc[nH]2)c1C. The van der Waals surface area contributed by atoms with Crippen LogP contribution in [0.4, 0.5) is 0 Å². The highest BCUT2D eigenvalue weighted by molar-refractivity contribution is 5.38. The van der Waals surface area contributed by atoms with E-state index in [9.17, 15) is 0 Å². The number of benzene rings is 2. The predicted molar refractivity (Wildman–Crippen MR) is 124 cm³/mol. The summed E-state index contributed by atoms with van der Waals surface area (Å²) in [7, 11) is 0. The quantitative estimate of drug-likeness (QED) is 0.433. The lowest BCUT2D eigenvalue weighted by molar-refractivity contribution is 0.982. The molecule has 4 nitrogen and oxygen atoms in total. The average molecular weight is 401 g/mol. The van der Waals surface area contributed by atoms with Gasteiger partial charge in [-0.15, -0.1) is 0 Å². The minimum atomic E-state index is 0.938. The largest absolute Gasteiger partial charge is 0.348 e. The fourth-order valence-corrected chi connectivity index (χ4v) is 3.74. The van der Waals surface area contributed by atoms with Crippen LogP contribution in [-0.4, -0.2) is 19.9 Å². The Bertz CT molecular complexity index is 1010. The summed E-state index contributed by atoms with van der Waals surface area (Å²) >= 11 is 0. The van der Waals surface area contributed by atoms with Crippen molar-refractivity contribution < 1.29 is 0 Å². The van der Waals surface area contributed by atoms with Gasteiger partial charge in [0.05, 0.1) is 12.7 Å². The summed E-state index contributed by atoms with van der Waals surface area (Å²) in [4.78, 5) is 14.4. The van der Waals surface area contributed by atoms with Gasteiger partial charge in [0.1, 0.15) is 0 Å². The fourth-order valence-electron chi connectivity index (χ4n) is 3.74. The Labute approximate surface area is 179 Å². The van der Waals surface area contributed by atoms with Crippen LogP contribution in [0.2, 0.25) is 0 Å². The van der Waals surface area contributed by atoms with Crippen LogP contribution in [0.1, 0.15) is 58.6 Å². The van der Waals surface area contributed by atoms with E-state index < -0.39 is 0 Å². The molecule has 0 amide bonds. The van der Waals surface area contributed by atoms with E-state index in [0.29, 0.717) is 0 Å². The molecular weight excluding hydrogens is 368 g/mol. The molecule has 0 bridgehead atoms. The minimum absolute atomic E-state index is 0.938. The van der Waals surface area contributed by atoms with E-state index in [1.807, 2.05) is 12.4 Å². The van der Waals surface area contributed by atoms with E-state index in [1.165, 1.54) is 44.8 Å². The summed E-state index contributed by atoms with van der Waals surface area (Å²) in [6.07, 6.45) is 11.3. The van der Waals surface area contributed by atoms with Gasteiger partial charge in [-0.1, -0.05) is 50.2 Å². The molecule has 2 N–H and O–H groups in total. The number of hydrogen-bond donors (Lipinski definition) is 2.